The van der Waals surface area contributed by atoms with Crippen molar-refractivity contribution in [1.29, 1.82) is 0 Å². The minimum absolute atomic E-state index is 0.951. The third kappa shape index (κ3) is 5.91. The molecule has 0 aliphatic carbocycles. The Morgan fingerprint density at radius 3 is 1.29 bits per heavy atom. The number of aromatic nitrogens is 2. The molecule has 2 heteroatoms. The molecule has 0 saturated heterocycles. The molecule has 2 nitrogen and oxygen atoms in total. The Morgan fingerprint density at radius 1 is 0.241 bits per heavy atom. The van der Waals surface area contributed by atoms with E-state index in [1.807, 2.05) is 0 Å². The van der Waals surface area contributed by atoms with Crippen LogP contribution < -0.4 is 0 Å². The second-order valence-corrected chi connectivity index (χ2v) is 14.9. The van der Waals surface area contributed by atoms with Gasteiger partial charge in [-0.3, -0.25) is 0 Å². The van der Waals surface area contributed by atoms with Crippen LogP contribution in [0.15, 0.2) is 218 Å². The molecule has 0 unspecified atom stereocenters. The van der Waals surface area contributed by atoms with E-state index in [1.165, 1.54) is 44.0 Å². The van der Waals surface area contributed by atoms with Crippen molar-refractivity contribution in [2.45, 2.75) is 0 Å². The molecule has 0 amide bonds. The van der Waals surface area contributed by atoms with E-state index in [2.05, 4.69) is 218 Å². The van der Waals surface area contributed by atoms with Crippen LogP contribution in [0.3, 0.4) is 0 Å². The summed E-state index contributed by atoms with van der Waals surface area (Å²) in [6.45, 7) is 0. The lowest BCUT2D eigenvalue weighted by Gasteiger charge is -2.16. The Balaban J connectivity index is 1.08. The zero-order chi connectivity index (χ0) is 38.4. The summed E-state index contributed by atoms with van der Waals surface area (Å²) in [5, 5.41) is 6.97. The van der Waals surface area contributed by atoms with Gasteiger partial charge in [0.1, 0.15) is 0 Å². The fourth-order valence-electron chi connectivity index (χ4n) is 8.55. The molecule has 58 heavy (non-hydrogen) atoms. The van der Waals surface area contributed by atoms with E-state index in [-0.39, 0.29) is 0 Å². The number of hydrogen-bond donors (Lipinski definition) is 0. The Bertz CT molecular complexity index is 3280. The van der Waals surface area contributed by atoms with Gasteiger partial charge in [0.25, 0.3) is 0 Å². The van der Waals surface area contributed by atoms with Crippen molar-refractivity contribution in [3.63, 3.8) is 0 Å². The first-order valence-electron chi connectivity index (χ1n) is 19.8. The second-order valence-electron chi connectivity index (χ2n) is 14.9. The van der Waals surface area contributed by atoms with Crippen LogP contribution in [0.5, 0.6) is 0 Å². The summed E-state index contributed by atoms with van der Waals surface area (Å²) >= 11 is 0. The number of rotatable bonds is 6. The topological polar surface area (TPSA) is 25.8 Å². The highest BCUT2D eigenvalue weighted by Crippen LogP contribution is 2.42. The normalized spacial score (nSPS) is 11.4. The molecule has 2 aromatic heterocycles. The second kappa shape index (κ2) is 14.1. The van der Waals surface area contributed by atoms with Gasteiger partial charge < -0.3 is 0 Å². The summed E-state index contributed by atoms with van der Waals surface area (Å²) in [7, 11) is 0. The number of fused-ring (bicyclic) bond motifs is 6. The maximum absolute atomic E-state index is 5.46. The van der Waals surface area contributed by atoms with Gasteiger partial charge in [-0.2, -0.15) is 0 Å². The molecule has 270 valence electrons. The fraction of sp³-hybridized carbons (Fsp3) is 0. The SMILES string of the molecule is c1ccc(-c2ccc(-c3cc(-c4ccc(-c5ccccc5)cc4)c4cc(-c5ccc(-c6nc7ccccc7c7ccccc67)cc5)c5ccccc5c4n3)cc2)cc1. The predicted octanol–water partition coefficient (Wildman–Crippen LogP) is 15.1. The van der Waals surface area contributed by atoms with Gasteiger partial charge in [-0.05, 0) is 73.5 Å². The van der Waals surface area contributed by atoms with Crippen molar-refractivity contribution in [2.75, 3.05) is 0 Å². The number of hydrogen-bond acceptors (Lipinski definition) is 2. The van der Waals surface area contributed by atoms with Crippen LogP contribution in [0, 0.1) is 0 Å². The maximum Gasteiger partial charge on any atom is 0.0794 e. The third-order valence-electron chi connectivity index (χ3n) is 11.5. The molecule has 0 N–H and O–H groups in total. The largest absolute Gasteiger partial charge is 0.247 e. The Kier molecular flexibility index (Phi) is 8.19. The van der Waals surface area contributed by atoms with E-state index in [9.17, 15) is 0 Å². The molecule has 0 saturated carbocycles. The Hall–Kier alpha value is -7.68. The average molecular weight is 737 g/mol. The zero-order valence-electron chi connectivity index (χ0n) is 31.7. The standard InChI is InChI=1S/C56H36N2/c1-3-13-37(14-4-1)39-23-27-42(28-24-39)51-36-54(43-31-25-40(26-32-43)38-15-5-2-6-16-38)58-56-49-21-10-8-18-46(49)50(35-52(51)56)41-29-33-44(34-30-41)55-48-20-9-7-17-45(48)47-19-11-12-22-53(47)57-55/h1-36H. The maximum atomic E-state index is 5.46. The van der Waals surface area contributed by atoms with Crippen LogP contribution in [0.2, 0.25) is 0 Å². The highest BCUT2D eigenvalue weighted by Gasteiger charge is 2.17. The van der Waals surface area contributed by atoms with E-state index in [0.29, 0.717) is 0 Å². The van der Waals surface area contributed by atoms with Crippen molar-refractivity contribution in [2.24, 2.45) is 0 Å². The van der Waals surface area contributed by atoms with Gasteiger partial charge in [0.05, 0.1) is 22.4 Å². The lowest BCUT2D eigenvalue weighted by Crippen LogP contribution is -1.94. The summed E-state index contributed by atoms with van der Waals surface area (Å²) in [4.78, 5) is 10.6. The molecule has 0 fully saturated rings. The number of pyridine rings is 2. The summed E-state index contributed by atoms with van der Waals surface area (Å²) < 4.78 is 0. The molecule has 0 radical (unpaired) electrons. The molecule has 0 aliphatic heterocycles. The van der Waals surface area contributed by atoms with Crippen LogP contribution in [0.25, 0.3) is 110 Å². The van der Waals surface area contributed by atoms with Gasteiger partial charge in [-0.25, -0.2) is 9.97 Å². The van der Waals surface area contributed by atoms with Crippen molar-refractivity contribution in [3.8, 4) is 67.0 Å². The first kappa shape index (κ1) is 33.6. The highest BCUT2D eigenvalue weighted by atomic mass is 14.7. The minimum Gasteiger partial charge on any atom is -0.247 e. The van der Waals surface area contributed by atoms with E-state index >= 15 is 0 Å². The van der Waals surface area contributed by atoms with Crippen molar-refractivity contribution in [3.05, 3.63) is 218 Å². The van der Waals surface area contributed by atoms with Gasteiger partial charge in [0.2, 0.25) is 0 Å². The van der Waals surface area contributed by atoms with Gasteiger partial charge in [-0.1, -0.05) is 200 Å². The van der Waals surface area contributed by atoms with E-state index < -0.39 is 0 Å². The van der Waals surface area contributed by atoms with Gasteiger partial charge in [0, 0.05) is 32.7 Å². The van der Waals surface area contributed by atoms with Gasteiger partial charge in [0.15, 0.2) is 0 Å². The molecule has 11 aromatic rings. The quantitative estimate of drug-likeness (QED) is 0.159. The van der Waals surface area contributed by atoms with Gasteiger partial charge >= 0.3 is 0 Å². The third-order valence-corrected chi connectivity index (χ3v) is 11.5. The molecule has 9 aromatic carbocycles. The summed E-state index contributed by atoms with van der Waals surface area (Å²) in [6, 6.07) is 78.2. The smallest absolute Gasteiger partial charge is 0.0794 e. The van der Waals surface area contributed by atoms with E-state index in [1.54, 1.807) is 0 Å². The molecule has 0 bridgehead atoms. The van der Waals surface area contributed by atoms with Gasteiger partial charge in [-0.15, -0.1) is 0 Å². The molecular weight excluding hydrogens is 701 g/mol. The minimum atomic E-state index is 0.951. The summed E-state index contributed by atoms with van der Waals surface area (Å²) in [5.41, 5.74) is 15.6. The van der Waals surface area contributed by atoms with Crippen molar-refractivity contribution in [1.82, 2.24) is 9.97 Å². The lowest BCUT2D eigenvalue weighted by atomic mass is 9.90. The molecule has 0 aliphatic rings. The van der Waals surface area contributed by atoms with Crippen LogP contribution in [0.1, 0.15) is 0 Å². The molecule has 0 atom stereocenters. The van der Waals surface area contributed by atoms with Crippen LogP contribution in [-0.2, 0) is 0 Å². The van der Waals surface area contributed by atoms with Crippen molar-refractivity contribution >= 4 is 43.4 Å². The average Bonchev–Trinajstić information content (AvgIpc) is 3.31. The first-order valence-corrected chi connectivity index (χ1v) is 19.8. The van der Waals surface area contributed by atoms with Crippen molar-refractivity contribution < 1.29 is 0 Å². The van der Waals surface area contributed by atoms with Crippen LogP contribution >= 0.6 is 0 Å². The lowest BCUT2D eigenvalue weighted by molar-refractivity contribution is 1.41. The monoisotopic (exact) mass is 736 g/mol. The molecule has 0 spiro atoms. The predicted molar refractivity (Wildman–Crippen MR) is 245 cm³/mol. The number of benzene rings is 9. The Labute approximate surface area is 337 Å². The number of nitrogens with zero attached hydrogens (tertiary/aromatic N) is 2. The molecule has 11 rings (SSSR count). The van der Waals surface area contributed by atoms with Crippen LogP contribution in [-0.4, -0.2) is 9.97 Å². The molecule has 2 heterocycles. The van der Waals surface area contributed by atoms with Crippen LogP contribution in [0.4, 0.5) is 0 Å². The highest BCUT2D eigenvalue weighted by molar-refractivity contribution is 6.16. The fourth-order valence-corrected chi connectivity index (χ4v) is 8.55. The Morgan fingerprint density at radius 2 is 0.672 bits per heavy atom. The van der Waals surface area contributed by atoms with E-state index in [0.717, 1.165) is 66.4 Å². The number of para-hydroxylation sites is 1. The summed E-state index contributed by atoms with van der Waals surface area (Å²) in [6.07, 6.45) is 0. The molecular formula is C56H36N2. The van der Waals surface area contributed by atoms with E-state index in [4.69, 9.17) is 9.97 Å². The zero-order valence-corrected chi connectivity index (χ0v) is 31.7. The summed E-state index contributed by atoms with van der Waals surface area (Å²) in [5.74, 6) is 0. The first-order chi connectivity index (χ1) is 28.7.